The van der Waals surface area contributed by atoms with E-state index in [4.69, 9.17) is 4.98 Å². The average Bonchev–Trinajstić information content (AvgIpc) is 3.25. The van der Waals surface area contributed by atoms with Gasteiger partial charge in [0.2, 0.25) is 4.96 Å². The van der Waals surface area contributed by atoms with Crippen molar-refractivity contribution in [3.8, 4) is 11.3 Å². The fraction of sp³-hybridized carbons (Fsp3) is 0.150. The Balaban J connectivity index is 1.70. The minimum absolute atomic E-state index is 0.0204. The van der Waals surface area contributed by atoms with E-state index in [9.17, 15) is 9.18 Å². The van der Waals surface area contributed by atoms with E-state index in [1.807, 2.05) is 37.3 Å². The third-order valence-electron chi connectivity index (χ3n) is 4.22. The Kier molecular flexibility index (Phi) is 4.68. The van der Waals surface area contributed by atoms with Crippen molar-refractivity contribution in [2.75, 3.05) is 0 Å². The lowest BCUT2D eigenvalue weighted by Crippen LogP contribution is -2.25. The number of carbonyl (C=O) groups is 1. The summed E-state index contributed by atoms with van der Waals surface area (Å²) < 4.78 is 15.6. The largest absolute Gasteiger partial charge is 0.346 e. The zero-order valence-corrected chi connectivity index (χ0v) is 15.5. The van der Waals surface area contributed by atoms with Gasteiger partial charge in [-0.15, -0.1) is 0 Å². The Morgan fingerprint density at radius 3 is 2.63 bits per heavy atom. The van der Waals surface area contributed by atoms with E-state index >= 15 is 0 Å². The molecule has 1 N–H and O–H groups in total. The van der Waals surface area contributed by atoms with Gasteiger partial charge in [0.05, 0.1) is 23.5 Å². The van der Waals surface area contributed by atoms with Crippen molar-refractivity contribution >= 4 is 22.2 Å². The molecule has 2 aromatic carbocycles. The number of halogens is 1. The van der Waals surface area contributed by atoms with E-state index in [0.29, 0.717) is 0 Å². The van der Waals surface area contributed by atoms with E-state index < -0.39 is 11.7 Å². The number of amides is 1. The molecule has 136 valence electrons. The fourth-order valence-corrected chi connectivity index (χ4v) is 3.72. The second kappa shape index (κ2) is 7.28. The molecule has 27 heavy (non-hydrogen) atoms. The first-order valence-corrected chi connectivity index (χ1v) is 9.44. The summed E-state index contributed by atoms with van der Waals surface area (Å²) in [5, 5.41) is 8.36. The van der Waals surface area contributed by atoms with E-state index in [1.165, 1.54) is 23.5 Å². The molecule has 4 rings (SSSR count). The van der Waals surface area contributed by atoms with Crippen LogP contribution in [0, 0.1) is 5.82 Å². The Morgan fingerprint density at radius 1 is 1.15 bits per heavy atom. The maximum Gasteiger partial charge on any atom is 0.254 e. The van der Waals surface area contributed by atoms with Crippen molar-refractivity contribution in [1.29, 1.82) is 0 Å². The predicted octanol–water partition coefficient (Wildman–Crippen LogP) is 4.09. The first-order chi connectivity index (χ1) is 13.2. The van der Waals surface area contributed by atoms with Gasteiger partial charge < -0.3 is 5.32 Å². The van der Waals surface area contributed by atoms with Crippen LogP contribution < -0.4 is 5.32 Å². The van der Waals surface area contributed by atoms with Gasteiger partial charge in [-0.25, -0.2) is 13.9 Å². The number of nitrogens with zero attached hydrogens (tertiary/aromatic N) is 3. The lowest BCUT2D eigenvalue weighted by Gasteiger charge is -2.07. The molecule has 0 fully saturated rings. The zero-order valence-electron chi connectivity index (χ0n) is 14.6. The molecule has 0 saturated carbocycles. The summed E-state index contributed by atoms with van der Waals surface area (Å²) in [5.41, 5.74) is 2.51. The molecule has 0 aliphatic rings. The Labute approximate surface area is 159 Å². The SMILES string of the molecule is CCc1nn2c(CNC(=O)c3ccccc3F)c(-c3ccccc3)nc2s1. The number of carbonyl (C=O) groups excluding carboxylic acids is 1. The summed E-state index contributed by atoms with van der Waals surface area (Å²) in [6.07, 6.45) is 0.815. The van der Waals surface area contributed by atoms with Crippen LogP contribution in [0.1, 0.15) is 28.0 Å². The maximum absolute atomic E-state index is 13.9. The lowest BCUT2D eigenvalue weighted by molar-refractivity contribution is 0.0946. The predicted molar refractivity (Wildman–Crippen MR) is 103 cm³/mol. The number of hydrogen-bond acceptors (Lipinski definition) is 4. The number of nitrogens with one attached hydrogen (secondary N) is 1. The van der Waals surface area contributed by atoms with Gasteiger partial charge in [0.25, 0.3) is 5.91 Å². The van der Waals surface area contributed by atoms with Crippen molar-refractivity contribution in [3.63, 3.8) is 0 Å². The molecule has 4 aromatic rings. The van der Waals surface area contributed by atoms with Crippen molar-refractivity contribution in [2.45, 2.75) is 19.9 Å². The number of aromatic nitrogens is 3. The highest BCUT2D eigenvalue weighted by Crippen LogP contribution is 2.27. The maximum atomic E-state index is 13.9. The summed E-state index contributed by atoms with van der Waals surface area (Å²) >= 11 is 1.53. The van der Waals surface area contributed by atoms with Gasteiger partial charge in [-0.1, -0.05) is 60.7 Å². The fourth-order valence-electron chi connectivity index (χ4n) is 2.86. The van der Waals surface area contributed by atoms with Crippen LogP contribution in [0.2, 0.25) is 0 Å². The highest BCUT2D eigenvalue weighted by Gasteiger charge is 2.19. The summed E-state index contributed by atoms with van der Waals surface area (Å²) in [6, 6.07) is 15.7. The molecule has 0 aliphatic heterocycles. The number of imidazole rings is 1. The van der Waals surface area contributed by atoms with Crippen LogP contribution in [-0.2, 0) is 13.0 Å². The molecule has 2 heterocycles. The van der Waals surface area contributed by atoms with E-state index in [-0.39, 0.29) is 12.1 Å². The molecule has 1 amide bonds. The molecule has 7 heteroatoms. The Hall–Kier alpha value is -3.06. The highest BCUT2D eigenvalue weighted by molar-refractivity contribution is 7.16. The van der Waals surface area contributed by atoms with Crippen molar-refractivity contribution in [3.05, 3.63) is 76.7 Å². The molecule has 0 radical (unpaired) electrons. The van der Waals surface area contributed by atoms with E-state index in [0.717, 1.165) is 33.3 Å². The standard InChI is InChI=1S/C20H17FN4OS/c1-2-17-24-25-16(12-22-19(26)14-10-6-7-11-15(14)21)18(23-20(25)27-17)13-8-4-3-5-9-13/h3-11H,2,12H2,1H3,(H,22,26). The lowest BCUT2D eigenvalue weighted by atomic mass is 10.1. The van der Waals surface area contributed by atoms with Gasteiger partial charge in [0, 0.05) is 5.56 Å². The Bertz CT molecular complexity index is 1100. The van der Waals surface area contributed by atoms with Gasteiger partial charge in [-0.3, -0.25) is 4.79 Å². The van der Waals surface area contributed by atoms with Gasteiger partial charge in [-0.2, -0.15) is 5.10 Å². The molecule has 0 aliphatic carbocycles. The highest BCUT2D eigenvalue weighted by atomic mass is 32.1. The number of benzene rings is 2. The minimum atomic E-state index is -0.543. The normalized spacial score (nSPS) is 11.0. The second-order valence-corrected chi connectivity index (χ2v) is 7.02. The molecular formula is C20H17FN4OS. The third kappa shape index (κ3) is 3.33. The molecule has 0 saturated heterocycles. The van der Waals surface area contributed by atoms with Crippen molar-refractivity contribution in [1.82, 2.24) is 19.9 Å². The number of fused-ring (bicyclic) bond motifs is 1. The molecule has 0 spiro atoms. The quantitative estimate of drug-likeness (QED) is 0.567. The van der Waals surface area contributed by atoms with Gasteiger partial charge in [0.15, 0.2) is 0 Å². The zero-order chi connectivity index (χ0) is 18.8. The summed E-state index contributed by atoms with van der Waals surface area (Å²) in [4.78, 5) is 17.9. The summed E-state index contributed by atoms with van der Waals surface area (Å²) in [5.74, 6) is -1.01. The molecule has 0 atom stereocenters. The molecule has 2 aromatic heterocycles. The topological polar surface area (TPSA) is 59.3 Å². The smallest absolute Gasteiger partial charge is 0.254 e. The minimum Gasteiger partial charge on any atom is -0.346 e. The summed E-state index contributed by atoms with van der Waals surface area (Å²) in [7, 11) is 0. The van der Waals surface area contributed by atoms with E-state index in [2.05, 4.69) is 10.4 Å². The number of rotatable bonds is 5. The van der Waals surface area contributed by atoms with Crippen LogP contribution >= 0.6 is 11.3 Å². The average molecular weight is 380 g/mol. The van der Waals surface area contributed by atoms with Gasteiger partial charge in [-0.05, 0) is 18.6 Å². The van der Waals surface area contributed by atoms with Crippen molar-refractivity contribution < 1.29 is 9.18 Å². The molecule has 0 unspecified atom stereocenters. The number of aryl methyl sites for hydroxylation is 1. The summed E-state index contributed by atoms with van der Waals surface area (Å²) in [6.45, 7) is 2.24. The van der Waals surface area contributed by atoms with Gasteiger partial charge >= 0.3 is 0 Å². The first kappa shape index (κ1) is 17.4. The van der Waals surface area contributed by atoms with Crippen LogP contribution in [0.5, 0.6) is 0 Å². The third-order valence-corrected chi connectivity index (χ3v) is 5.28. The van der Waals surface area contributed by atoms with Crippen LogP contribution in [-0.4, -0.2) is 20.5 Å². The first-order valence-electron chi connectivity index (χ1n) is 8.63. The van der Waals surface area contributed by atoms with Crippen molar-refractivity contribution in [2.24, 2.45) is 0 Å². The number of hydrogen-bond donors (Lipinski definition) is 1. The molecular weight excluding hydrogens is 363 g/mol. The van der Waals surface area contributed by atoms with Crippen LogP contribution in [0.25, 0.3) is 16.2 Å². The monoisotopic (exact) mass is 380 g/mol. The molecule has 0 bridgehead atoms. The Morgan fingerprint density at radius 2 is 1.89 bits per heavy atom. The van der Waals surface area contributed by atoms with Crippen LogP contribution in [0.15, 0.2) is 54.6 Å². The van der Waals surface area contributed by atoms with Crippen LogP contribution in [0.4, 0.5) is 4.39 Å². The van der Waals surface area contributed by atoms with Crippen LogP contribution in [0.3, 0.4) is 0 Å². The second-order valence-electron chi connectivity index (χ2n) is 5.98. The van der Waals surface area contributed by atoms with E-state index in [1.54, 1.807) is 16.6 Å². The molecule has 5 nitrogen and oxygen atoms in total. The van der Waals surface area contributed by atoms with Gasteiger partial charge in [0.1, 0.15) is 10.8 Å².